The van der Waals surface area contributed by atoms with Gasteiger partial charge in [0.25, 0.3) is 0 Å². The summed E-state index contributed by atoms with van der Waals surface area (Å²) < 4.78 is 30.2. The number of amides is 2. The molecule has 1 saturated heterocycles. The standard InChI is InChI=1S/C23H26N2O7S/c26-21(20-12-7-14-25(20)23(29)32-16-17-8-3-1-4-9-17)24-19(22(27)28)13-15-33(30,31)18-10-5-2-6-11-18/h1-6,8-11,19-20H,7,12-16H2,(H,24,26)(H,27,28)/t19-,20+/m0/s1. The summed E-state index contributed by atoms with van der Waals surface area (Å²) in [5, 5.41) is 11.9. The molecule has 0 radical (unpaired) electrons. The lowest BCUT2D eigenvalue weighted by molar-refractivity contribution is -0.142. The van der Waals surface area contributed by atoms with Crippen molar-refractivity contribution < 1.29 is 32.6 Å². The van der Waals surface area contributed by atoms with Crippen LogP contribution in [0.25, 0.3) is 0 Å². The Morgan fingerprint density at radius 1 is 1.06 bits per heavy atom. The molecule has 176 valence electrons. The van der Waals surface area contributed by atoms with Gasteiger partial charge in [0.2, 0.25) is 5.91 Å². The number of nitrogens with one attached hydrogen (secondary N) is 1. The Labute approximate surface area is 192 Å². The van der Waals surface area contributed by atoms with Crippen LogP contribution in [-0.2, 0) is 30.8 Å². The number of sulfone groups is 1. The second-order valence-corrected chi connectivity index (χ2v) is 9.82. The molecule has 1 heterocycles. The monoisotopic (exact) mass is 474 g/mol. The van der Waals surface area contributed by atoms with Crippen LogP contribution >= 0.6 is 0 Å². The van der Waals surface area contributed by atoms with E-state index in [4.69, 9.17) is 4.74 Å². The number of aliphatic carboxylic acids is 1. The number of likely N-dealkylation sites (tertiary alicyclic amines) is 1. The van der Waals surface area contributed by atoms with Crippen molar-refractivity contribution in [1.29, 1.82) is 0 Å². The number of hydrogen-bond acceptors (Lipinski definition) is 6. The van der Waals surface area contributed by atoms with Gasteiger partial charge in [0, 0.05) is 6.54 Å². The summed E-state index contributed by atoms with van der Waals surface area (Å²) in [4.78, 5) is 38.3. The third-order valence-electron chi connectivity index (χ3n) is 5.39. The molecule has 0 aliphatic carbocycles. The first kappa shape index (κ1) is 24.2. The molecule has 3 rings (SSSR count). The molecular formula is C23H26N2O7S. The lowest BCUT2D eigenvalue weighted by atomic mass is 10.1. The molecular weight excluding hydrogens is 448 g/mol. The zero-order chi connectivity index (χ0) is 23.8. The van der Waals surface area contributed by atoms with Crippen molar-refractivity contribution in [1.82, 2.24) is 10.2 Å². The Bertz CT molecular complexity index is 1070. The number of carbonyl (C=O) groups is 3. The SMILES string of the molecule is O=C(O)[C@H](CCS(=O)(=O)c1ccccc1)NC(=O)[C@H]1CCCN1C(=O)OCc1ccccc1. The van der Waals surface area contributed by atoms with Crippen molar-refractivity contribution in [2.75, 3.05) is 12.3 Å². The van der Waals surface area contributed by atoms with E-state index in [1.54, 1.807) is 18.2 Å². The Morgan fingerprint density at radius 2 is 1.70 bits per heavy atom. The molecule has 0 saturated carbocycles. The van der Waals surface area contributed by atoms with E-state index in [9.17, 15) is 27.9 Å². The molecule has 2 aromatic rings. The molecule has 33 heavy (non-hydrogen) atoms. The summed E-state index contributed by atoms with van der Waals surface area (Å²) in [6.07, 6.45) is -0.0294. The molecule has 2 N–H and O–H groups in total. The maximum absolute atomic E-state index is 12.8. The van der Waals surface area contributed by atoms with Crippen LogP contribution < -0.4 is 5.32 Å². The van der Waals surface area contributed by atoms with Gasteiger partial charge in [-0.05, 0) is 37.0 Å². The van der Waals surface area contributed by atoms with Crippen LogP contribution in [0.2, 0.25) is 0 Å². The zero-order valence-corrected chi connectivity index (χ0v) is 18.7. The van der Waals surface area contributed by atoms with E-state index < -0.39 is 45.6 Å². The van der Waals surface area contributed by atoms with E-state index in [0.717, 1.165) is 5.56 Å². The van der Waals surface area contributed by atoms with Gasteiger partial charge in [0.1, 0.15) is 18.7 Å². The molecule has 0 unspecified atom stereocenters. The minimum atomic E-state index is -3.70. The van der Waals surface area contributed by atoms with E-state index in [1.807, 2.05) is 30.3 Å². The predicted octanol–water partition coefficient (Wildman–Crippen LogP) is 2.22. The van der Waals surface area contributed by atoms with E-state index in [2.05, 4.69) is 5.32 Å². The van der Waals surface area contributed by atoms with Crippen LogP contribution in [0.3, 0.4) is 0 Å². The summed E-state index contributed by atoms with van der Waals surface area (Å²) in [7, 11) is -3.70. The van der Waals surface area contributed by atoms with E-state index in [-0.39, 0.29) is 17.9 Å². The molecule has 1 fully saturated rings. The van der Waals surface area contributed by atoms with Gasteiger partial charge < -0.3 is 15.2 Å². The van der Waals surface area contributed by atoms with E-state index in [1.165, 1.54) is 17.0 Å². The van der Waals surface area contributed by atoms with Crippen LogP contribution in [-0.4, -0.2) is 60.8 Å². The maximum atomic E-state index is 12.8. The predicted molar refractivity (Wildman–Crippen MR) is 119 cm³/mol. The summed E-state index contributed by atoms with van der Waals surface area (Å²) in [6.45, 7) is 0.367. The molecule has 1 aliphatic heterocycles. The molecule has 2 aromatic carbocycles. The van der Waals surface area contributed by atoms with Gasteiger partial charge in [0.15, 0.2) is 9.84 Å². The van der Waals surface area contributed by atoms with Crippen LogP contribution in [0.5, 0.6) is 0 Å². The highest BCUT2D eigenvalue weighted by atomic mass is 32.2. The summed E-state index contributed by atoms with van der Waals surface area (Å²) >= 11 is 0. The first-order valence-corrected chi connectivity index (χ1v) is 12.2. The van der Waals surface area contributed by atoms with Crippen molar-refractivity contribution in [2.45, 2.75) is 42.8 Å². The largest absolute Gasteiger partial charge is 0.480 e. The van der Waals surface area contributed by atoms with Gasteiger partial charge >= 0.3 is 12.1 Å². The molecule has 9 nitrogen and oxygen atoms in total. The Balaban J connectivity index is 1.58. The average molecular weight is 475 g/mol. The van der Waals surface area contributed by atoms with Gasteiger partial charge in [-0.15, -0.1) is 0 Å². The van der Waals surface area contributed by atoms with Gasteiger partial charge in [-0.3, -0.25) is 9.69 Å². The van der Waals surface area contributed by atoms with Crippen molar-refractivity contribution in [2.24, 2.45) is 0 Å². The first-order valence-electron chi connectivity index (χ1n) is 10.6. The number of carboxylic acids is 1. The van der Waals surface area contributed by atoms with E-state index >= 15 is 0 Å². The Kier molecular flexibility index (Phi) is 8.05. The third-order valence-corrected chi connectivity index (χ3v) is 7.15. The number of rotatable bonds is 9. The third kappa shape index (κ3) is 6.55. The molecule has 10 heteroatoms. The molecule has 0 spiro atoms. The van der Waals surface area contributed by atoms with Crippen LogP contribution in [0.1, 0.15) is 24.8 Å². The lowest BCUT2D eigenvalue weighted by Gasteiger charge is -2.25. The highest BCUT2D eigenvalue weighted by molar-refractivity contribution is 7.91. The highest BCUT2D eigenvalue weighted by Gasteiger charge is 2.37. The smallest absolute Gasteiger partial charge is 0.410 e. The van der Waals surface area contributed by atoms with Crippen LogP contribution in [0.4, 0.5) is 4.79 Å². The first-order chi connectivity index (χ1) is 15.8. The number of carboxylic acid groups (broad SMARTS) is 1. The molecule has 2 atom stereocenters. The highest BCUT2D eigenvalue weighted by Crippen LogP contribution is 2.20. The number of benzene rings is 2. The minimum Gasteiger partial charge on any atom is -0.480 e. The quantitative estimate of drug-likeness (QED) is 0.570. The van der Waals surface area contributed by atoms with Crippen molar-refractivity contribution in [3.05, 3.63) is 66.2 Å². The fourth-order valence-electron chi connectivity index (χ4n) is 3.60. The molecule has 0 bridgehead atoms. The number of carbonyl (C=O) groups excluding carboxylic acids is 2. The Hall–Kier alpha value is -3.40. The van der Waals surface area contributed by atoms with Gasteiger partial charge in [0.05, 0.1) is 10.6 Å². The van der Waals surface area contributed by atoms with E-state index in [0.29, 0.717) is 19.4 Å². The number of hydrogen-bond donors (Lipinski definition) is 2. The molecule has 0 aromatic heterocycles. The molecule has 1 aliphatic rings. The lowest BCUT2D eigenvalue weighted by Crippen LogP contribution is -2.51. The zero-order valence-electron chi connectivity index (χ0n) is 17.9. The summed E-state index contributed by atoms with van der Waals surface area (Å²) in [5.74, 6) is -2.43. The van der Waals surface area contributed by atoms with Crippen LogP contribution in [0, 0.1) is 0 Å². The number of ether oxygens (including phenoxy) is 1. The van der Waals surface area contributed by atoms with Gasteiger partial charge in [-0.25, -0.2) is 18.0 Å². The van der Waals surface area contributed by atoms with Crippen molar-refractivity contribution in [3.8, 4) is 0 Å². The molecule has 2 amide bonds. The van der Waals surface area contributed by atoms with Crippen LogP contribution in [0.15, 0.2) is 65.6 Å². The fourth-order valence-corrected chi connectivity index (χ4v) is 4.96. The average Bonchev–Trinajstić information content (AvgIpc) is 3.31. The van der Waals surface area contributed by atoms with Gasteiger partial charge in [-0.2, -0.15) is 0 Å². The summed E-state index contributed by atoms with van der Waals surface area (Å²) in [5.41, 5.74) is 0.802. The normalized spacial score (nSPS) is 16.7. The second-order valence-electron chi connectivity index (χ2n) is 7.71. The summed E-state index contributed by atoms with van der Waals surface area (Å²) in [6, 6.07) is 14.5. The second kappa shape index (κ2) is 11.0. The minimum absolute atomic E-state index is 0.0552. The van der Waals surface area contributed by atoms with Crippen molar-refractivity contribution >= 4 is 27.8 Å². The number of nitrogens with zero attached hydrogens (tertiary/aromatic N) is 1. The van der Waals surface area contributed by atoms with Gasteiger partial charge in [-0.1, -0.05) is 48.5 Å². The maximum Gasteiger partial charge on any atom is 0.410 e. The van der Waals surface area contributed by atoms with Crippen molar-refractivity contribution in [3.63, 3.8) is 0 Å². The topological polar surface area (TPSA) is 130 Å². The Morgan fingerprint density at radius 3 is 2.33 bits per heavy atom. The fraction of sp³-hybridized carbons (Fsp3) is 0.348.